The Labute approximate surface area is 109 Å². The van der Waals surface area contributed by atoms with Crippen LogP contribution in [0.25, 0.3) is 21.2 Å². The summed E-state index contributed by atoms with van der Waals surface area (Å²) in [7, 11) is 0. The first-order valence-electron chi connectivity index (χ1n) is 6.04. The molecule has 0 aliphatic heterocycles. The second kappa shape index (κ2) is 3.22. The van der Waals surface area contributed by atoms with Gasteiger partial charge in [0, 0.05) is 20.5 Å². The lowest BCUT2D eigenvalue weighted by atomic mass is 9.98. The Morgan fingerprint density at radius 1 is 1.00 bits per heavy atom. The first-order chi connectivity index (χ1) is 8.69. The van der Waals surface area contributed by atoms with Gasteiger partial charge in [-0.2, -0.15) is 0 Å². The average molecular weight is 252 g/mol. The van der Waals surface area contributed by atoms with Gasteiger partial charge in [0.2, 0.25) is 0 Å². The molecule has 0 fully saturated rings. The van der Waals surface area contributed by atoms with E-state index in [2.05, 4.69) is 30.3 Å². The normalized spacial score (nSPS) is 21.0. The predicted molar refractivity (Wildman–Crippen MR) is 75.9 cm³/mol. The van der Waals surface area contributed by atoms with Gasteiger partial charge in [-0.15, -0.1) is 11.3 Å². The van der Waals surface area contributed by atoms with Gasteiger partial charge in [-0.05, 0) is 24.1 Å². The Balaban J connectivity index is 2.21. The van der Waals surface area contributed by atoms with Gasteiger partial charge in [0.15, 0.2) is 0 Å². The van der Waals surface area contributed by atoms with Crippen molar-refractivity contribution in [1.82, 2.24) is 0 Å². The van der Waals surface area contributed by atoms with E-state index in [0.29, 0.717) is 0 Å². The van der Waals surface area contributed by atoms with Gasteiger partial charge in [0.05, 0.1) is 0 Å². The van der Waals surface area contributed by atoms with Crippen LogP contribution < -0.4 is 0 Å². The molecule has 1 aliphatic carbocycles. The molecule has 18 heavy (non-hydrogen) atoms. The fourth-order valence-electron chi connectivity index (χ4n) is 2.90. The number of aliphatic hydroxyl groups is 1. The maximum absolute atomic E-state index is 10.8. The standard InChI is InChI=1S/C16H12OS/c1-16(17)12-8-4-2-6-10(12)14-11-7-3-5-9-13(11)18-15(14)16/h2-9,17H,1H3. The third-order valence-electron chi connectivity index (χ3n) is 3.76. The van der Waals surface area contributed by atoms with E-state index in [0.717, 1.165) is 10.4 Å². The van der Waals surface area contributed by atoms with Crippen LogP contribution in [-0.4, -0.2) is 5.11 Å². The molecular weight excluding hydrogens is 240 g/mol. The van der Waals surface area contributed by atoms with Gasteiger partial charge in [0.25, 0.3) is 0 Å². The first-order valence-corrected chi connectivity index (χ1v) is 6.85. The zero-order chi connectivity index (χ0) is 12.3. The lowest BCUT2D eigenvalue weighted by Crippen LogP contribution is -2.17. The van der Waals surface area contributed by atoms with Crippen molar-refractivity contribution in [3.8, 4) is 11.1 Å². The minimum absolute atomic E-state index is 0.852. The third-order valence-corrected chi connectivity index (χ3v) is 5.14. The summed E-state index contributed by atoms with van der Waals surface area (Å²) in [6, 6.07) is 16.5. The molecule has 1 N–H and O–H groups in total. The summed E-state index contributed by atoms with van der Waals surface area (Å²) in [5.41, 5.74) is 2.57. The second-order valence-electron chi connectivity index (χ2n) is 4.92. The van der Waals surface area contributed by atoms with Gasteiger partial charge in [0.1, 0.15) is 5.60 Å². The van der Waals surface area contributed by atoms with Crippen LogP contribution in [-0.2, 0) is 5.60 Å². The van der Waals surface area contributed by atoms with Gasteiger partial charge in [-0.1, -0.05) is 42.5 Å². The van der Waals surface area contributed by atoms with Crippen LogP contribution in [0.4, 0.5) is 0 Å². The molecule has 2 heteroatoms. The molecule has 1 aliphatic rings. The van der Waals surface area contributed by atoms with Crippen molar-refractivity contribution in [2.75, 3.05) is 0 Å². The van der Waals surface area contributed by atoms with E-state index in [1.165, 1.54) is 21.2 Å². The SMILES string of the molecule is CC1(O)c2ccccc2-c2c1sc1ccccc21. The molecule has 88 valence electrons. The van der Waals surface area contributed by atoms with Gasteiger partial charge >= 0.3 is 0 Å². The van der Waals surface area contributed by atoms with Crippen molar-refractivity contribution >= 4 is 21.4 Å². The zero-order valence-electron chi connectivity index (χ0n) is 9.97. The molecule has 0 saturated carbocycles. The van der Waals surface area contributed by atoms with E-state index in [4.69, 9.17) is 0 Å². The molecule has 0 bridgehead atoms. The van der Waals surface area contributed by atoms with Crippen molar-refractivity contribution in [2.24, 2.45) is 0 Å². The van der Waals surface area contributed by atoms with E-state index in [9.17, 15) is 5.11 Å². The molecule has 1 nitrogen and oxygen atoms in total. The quantitative estimate of drug-likeness (QED) is 0.637. The summed E-state index contributed by atoms with van der Waals surface area (Å²) in [5, 5.41) is 12.1. The highest BCUT2D eigenvalue weighted by molar-refractivity contribution is 7.20. The number of thiophene rings is 1. The molecule has 2 aromatic carbocycles. The number of benzene rings is 2. The third kappa shape index (κ3) is 1.10. The fraction of sp³-hybridized carbons (Fsp3) is 0.125. The highest BCUT2D eigenvalue weighted by Crippen LogP contribution is 2.53. The van der Waals surface area contributed by atoms with E-state index >= 15 is 0 Å². The summed E-state index contributed by atoms with van der Waals surface area (Å²) in [6.45, 7) is 1.90. The first kappa shape index (κ1) is 10.3. The molecule has 1 aromatic heterocycles. The second-order valence-corrected chi connectivity index (χ2v) is 5.97. The Hall–Kier alpha value is -1.64. The highest BCUT2D eigenvalue weighted by Gasteiger charge is 2.40. The number of rotatable bonds is 0. The summed E-state index contributed by atoms with van der Waals surface area (Å²) >= 11 is 1.70. The van der Waals surface area contributed by atoms with Crippen LogP contribution in [0.15, 0.2) is 48.5 Å². The number of hydrogen-bond donors (Lipinski definition) is 1. The van der Waals surface area contributed by atoms with Crippen LogP contribution in [0.3, 0.4) is 0 Å². The van der Waals surface area contributed by atoms with Gasteiger partial charge in [-0.3, -0.25) is 0 Å². The van der Waals surface area contributed by atoms with E-state index < -0.39 is 5.60 Å². The van der Waals surface area contributed by atoms with Crippen LogP contribution in [0.1, 0.15) is 17.4 Å². The smallest absolute Gasteiger partial charge is 0.122 e. The highest BCUT2D eigenvalue weighted by atomic mass is 32.1. The maximum Gasteiger partial charge on any atom is 0.122 e. The topological polar surface area (TPSA) is 20.2 Å². The monoisotopic (exact) mass is 252 g/mol. The molecule has 1 atom stereocenters. The van der Waals surface area contributed by atoms with E-state index in [1.54, 1.807) is 11.3 Å². The minimum Gasteiger partial charge on any atom is -0.380 e. The molecular formula is C16H12OS. The summed E-state index contributed by atoms with van der Waals surface area (Å²) in [4.78, 5) is 1.07. The van der Waals surface area contributed by atoms with Crippen LogP contribution in [0, 0.1) is 0 Å². The van der Waals surface area contributed by atoms with Crippen molar-refractivity contribution in [3.05, 3.63) is 59.0 Å². The molecule has 0 radical (unpaired) electrons. The Bertz CT molecular complexity index is 768. The molecule has 0 amide bonds. The van der Waals surface area contributed by atoms with Crippen molar-refractivity contribution in [2.45, 2.75) is 12.5 Å². The summed E-state index contributed by atoms with van der Waals surface area (Å²) < 4.78 is 1.25. The molecule has 3 aromatic rings. The Kier molecular flexibility index (Phi) is 1.84. The van der Waals surface area contributed by atoms with Crippen molar-refractivity contribution in [3.63, 3.8) is 0 Å². The van der Waals surface area contributed by atoms with Crippen molar-refractivity contribution < 1.29 is 5.11 Å². The summed E-state index contributed by atoms with van der Waals surface area (Å²) in [5.74, 6) is 0. The van der Waals surface area contributed by atoms with Gasteiger partial charge in [-0.25, -0.2) is 0 Å². The van der Waals surface area contributed by atoms with Crippen LogP contribution in [0.2, 0.25) is 0 Å². The lowest BCUT2D eigenvalue weighted by molar-refractivity contribution is 0.111. The van der Waals surface area contributed by atoms with Gasteiger partial charge < -0.3 is 5.11 Å². The van der Waals surface area contributed by atoms with Crippen LogP contribution >= 0.6 is 11.3 Å². The number of hydrogen-bond acceptors (Lipinski definition) is 2. The molecule has 0 saturated heterocycles. The van der Waals surface area contributed by atoms with E-state index in [1.807, 2.05) is 25.1 Å². The van der Waals surface area contributed by atoms with Crippen molar-refractivity contribution in [1.29, 1.82) is 0 Å². The summed E-state index contributed by atoms with van der Waals surface area (Å²) in [6.07, 6.45) is 0. The average Bonchev–Trinajstić information content (AvgIpc) is 2.87. The van der Waals surface area contributed by atoms with Crippen LogP contribution in [0.5, 0.6) is 0 Å². The lowest BCUT2D eigenvalue weighted by Gasteiger charge is -2.18. The Morgan fingerprint density at radius 3 is 2.61 bits per heavy atom. The molecule has 0 spiro atoms. The minimum atomic E-state index is -0.852. The largest absolute Gasteiger partial charge is 0.380 e. The molecule has 1 unspecified atom stereocenters. The predicted octanol–water partition coefficient (Wildman–Crippen LogP) is 4.14. The Morgan fingerprint density at radius 2 is 1.72 bits per heavy atom. The molecule has 1 heterocycles. The fourth-order valence-corrected chi connectivity index (χ4v) is 4.18. The van der Waals surface area contributed by atoms with E-state index in [-0.39, 0.29) is 0 Å². The molecule has 4 rings (SSSR count). The zero-order valence-corrected chi connectivity index (χ0v) is 10.8. The number of fused-ring (bicyclic) bond motifs is 5. The maximum atomic E-state index is 10.8.